The number of alkyl halides is 3. The molecule has 0 aliphatic carbocycles. The molecule has 0 spiro atoms. The van der Waals surface area contributed by atoms with Crippen molar-refractivity contribution in [1.82, 2.24) is 24.5 Å². The number of hydrogen-bond donors (Lipinski definition) is 0. The van der Waals surface area contributed by atoms with E-state index in [-0.39, 0.29) is 27.7 Å². The van der Waals surface area contributed by atoms with E-state index in [1.54, 1.807) is 18.8 Å². The summed E-state index contributed by atoms with van der Waals surface area (Å²) < 4.78 is 66.0. The molecule has 156 valence electrons. The maximum atomic E-state index is 13.0. The largest absolute Gasteiger partial charge is 0.433 e. The Morgan fingerprint density at radius 1 is 1.13 bits per heavy atom. The molecule has 0 amide bonds. The van der Waals surface area contributed by atoms with E-state index < -0.39 is 21.7 Å². The Hall–Kier alpha value is -2.86. The number of halogens is 3. The van der Waals surface area contributed by atoms with Crippen LogP contribution < -0.4 is 0 Å². The van der Waals surface area contributed by atoms with Crippen LogP contribution in [-0.4, -0.2) is 38.7 Å². The first-order chi connectivity index (χ1) is 14.1. The van der Waals surface area contributed by atoms with Crippen LogP contribution in [0.15, 0.2) is 41.1 Å². The van der Waals surface area contributed by atoms with Crippen LogP contribution in [0.25, 0.3) is 33.0 Å². The fourth-order valence-electron chi connectivity index (χ4n) is 2.95. The molecule has 0 aliphatic heterocycles. The number of pyridine rings is 2. The summed E-state index contributed by atoms with van der Waals surface area (Å²) in [6.07, 6.45) is -0.453. The average molecular weight is 453 g/mol. The molecule has 0 fully saturated rings. The molecule has 0 N–H and O–H groups in total. The Bertz CT molecular complexity index is 1350. The second-order valence-electron chi connectivity index (χ2n) is 6.39. The Balaban J connectivity index is 1.95. The SMILES string of the molecule is CCS(=O)(=O)c1cc(-c2cncs2)cnc1-c1nc2cc(C(F)(F)F)ncc2n1C. The fraction of sp³-hybridized carbons (Fsp3) is 0.222. The van der Waals surface area contributed by atoms with Gasteiger partial charge < -0.3 is 4.57 Å². The maximum absolute atomic E-state index is 13.0. The van der Waals surface area contributed by atoms with Gasteiger partial charge in [0, 0.05) is 25.0 Å². The molecular formula is C18H14F3N5O2S2. The van der Waals surface area contributed by atoms with Gasteiger partial charge in [0.2, 0.25) is 0 Å². The number of imidazole rings is 1. The van der Waals surface area contributed by atoms with Crippen LogP contribution in [0.5, 0.6) is 0 Å². The van der Waals surface area contributed by atoms with Gasteiger partial charge in [-0.15, -0.1) is 11.3 Å². The smallest absolute Gasteiger partial charge is 0.324 e. The third kappa shape index (κ3) is 3.45. The molecule has 0 saturated heterocycles. The van der Waals surface area contributed by atoms with Gasteiger partial charge in [0.25, 0.3) is 0 Å². The van der Waals surface area contributed by atoms with E-state index in [9.17, 15) is 21.6 Å². The van der Waals surface area contributed by atoms with E-state index in [1.165, 1.54) is 35.1 Å². The highest BCUT2D eigenvalue weighted by Crippen LogP contribution is 2.34. The summed E-state index contributed by atoms with van der Waals surface area (Å²) in [5.74, 6) is -0.0358. The molecule has 4 aromatic heterocycles. The van der Waals surface area contributed by atoms with Crippen LogP contribution in [-0.2, 0) is 23.1 Å². The molecule has 4 rings (SSSR count). The third-order valence-corrected chi connectivity index (χ3v) is 7.12. The van der Waals surface area contributed by atoms with Crippen LogP contribution in [0, 0.1) is 0 Å². The number of hydrogen-bond acceptors (Lipinski definition) is 7. The van der Waals surface area contributed by atoms with E-state index in [0.29, 0.717) is 11.1 Å². The van der Waals surface area contributed by atoms with Gasteiger partial charge >= 0.3 is 6.18 Å². The zero-order valence-corrected chi connectivity index (χ0v) is 17.3. The summed E-state index contributed by atoms with van der Waals surface area (Å²) in [6.45, 7) is 1.51. The molecule has 0 unspecified atom stereocenters. The van der Waals surface area contributed by atoms with Crippen molar-refractivity contribution in [2.75, 3.05) is 5.75 Å². The minimum absolute atomic E-state index is 0.0432. The average Bonchev–Trinajstić information content (AvgIpc) is 3.35. The summed E-state index contributed by atoms with van der Waals surface area (Å²) in [5.41, 5.74) is 1.56. The summed E-state index contributed by atoms with van der Waals surface area (Å²) in [6, 6.07) is 2.33. The predicted octanol–water partition coefficient (Wildman–Crippen LogP) is 3.97. The fourth-order valence-corrected chi connectivity index (χ4v) is 4.61. The van der Waals surface area contributed by atoms with E-state index in [4.69, 9.17) is 0 Å². The van der Waals surface area contributed by atoms with Gasteiger partial charge in [-0.1, -0.05) is 6.92 Å². The van der Waals surface area contributed by atoms with Crippen molar-refractivity contribution in [3.63, 3.8) is 0 Å². The molecule has 12 heteroatoms. The first-order valence-corrected chi connectivity index (χ1v) is 11.2. The highest BCUT2D eigenvalue weighted by molar-refractivity contribution is 7.91. The molecule has 0 aliphatic rings. The Morgan fingerprint density at radius 2 is 1.90 bits per heavy atom. The second kappa shape index (κ2) is 7.13. The minimum atomic E-state index is -4.61. The summed E-state index contributed by atoms with van der Waals surface area (Å²) in [4.78, 5) is 16.7. The van der Waals surface area contributed by atoms with Crippen molar-refractivity contribution in [1.29, 1.82) is 0 Å². The minimum Gasteiger partial charge on any atom is -0.324 e. The van der Waals surface area contributed by atoms with Crippen molar-refractivity contribution >= 4 is 32.2 Å². The lowest BCUT2D eigenvalue weighted by atomic mass is 10.2. The second-order valence-corrected chi connectivity index (χ2v) is 9.52. The third-order valence-electron chi connectivity index (χ3n) is 4.55. The zero-order valence-electron chi connectivity index (χ0n) is 15.7. The highest BCUT2D eigenvalue weighted by Gasteiger charge is 2.33. The van der Waals surface area contributed by atoms with E-state index in [1.807, 2.05) is 0 Å². The van der Waals surface area contributed by atoms with Gasteiger partial charge in [0.1, 0.15) is 11.4 Å². The number of aromatic nitrogens is 5. The standard InChI is InChI=1S/C18H14F3N5O2S2/c1-3-30(27,28)14-4-10(13-8-22-9-29-13)6-24-16(14)17-25-11-5-15(18(19,20)21)23-7-12(11)26(17)2/h4-9H,3H2,1-2H3. The Morgan fingerprint density at radius 3 is 2.53 bits per heavy atom. The lowest BCUT2D eigenvalue weighted by Gasteiger charge is -2.10. The molecular weight excluding hydrogens is 439 g/mol. The molecule has 0 radical (unpaired) electrons. The molecule has 4 aromatic rings. The quantitative estimate of drug-likeness (QED) is 0.465. The number of rotatable bonds is 4. The van der Waals surface area contributed by atoms with E-state index in [2.05, 4.69) is 19.9 Å². The predicted molar refractivity (Wildman–Crippen MR) is 106 cm³/mol. The van der Waals surface area contributed by atoms with Gasteiger partial charge in [-0.25, -0.2) is 18.4 Å². The summed E-state index contributed by atoms with van der Waals surface area (Å²) in [5, 5.41) is 0. The van der Waals surface area contributed by atoms with Crippen molar-refractivity contribution in [2.45, 2.75) is 18.0 Å². The molecule has 0 saturated carbocycles. The highest BCUT2D eigenvalue weighted by atomic mass is 32.2. The van der Waals surface area contributed by atoms with Crippen LogP contribution >= 0.6 is 11.3 Å². The molecule has 0 aromatic carbocycles. The van der Waals surface area contributed by atoms with Crippen molar-refractivity contribution in [3.8, 4) is 22.0 Å². The first kappa shape index (κ1) is 20.4. The zero-order chi connectivity index (χ0) is 21.7. The number of sulfone groups is 1. The monoisotopic (exact) mass is 453 g/mol. The lowest BCUT2D eigenvalue weighted by Crippen LogP contribution is -2.09. The van der Waals surface area contributed by atoms with Gasteiger partial charge in [-0.05, 0) is 12.1 Å². The van der Waals surface area contributed by atoms with E-state index in [0.717, 1.165) is 17.1 Å². The molecule has 30 heavy (non-hydrogen) atoms. The topological polar surface area (TPSA) is 90.6 Å². The van der Waals surface area contributed by atoms with Gasteiger partial charge in [-0.3, -0.25) is 9.97 Å². The number of fused-ring (bicyclic) bond motifs is 1. The molecule has 0 atom stereocenters. The van der Waals surface area contributed by atoms with Gasteiger partial charge in [-0.2, -0.15) is 13.2 Å². The molecule has 7 nitrogen and oxygen atoms in total. The van der Waals surface area contributed by atoms with Crippen molar-refractivity contribution < 1.29 is 21.6 Å². The molecule has 0 bridgehead atoms. The number of aryl methyl sites for hydroxylation is 1. The van der Waals surface area contributed by atoms with Crippen LogP contribution in [0.2, 0.25) is 0 Å². The summed E-state index contributed by atoms with van der Waals surface area (Å²) in [7, 11) is -2.13. The normalized spacial score (nSPS) is 12.6. The van der Waals surface area contributed by atoms with E-state index >= 15 is 0 Å². The number of thiazole rings is 1. The first-order valence-electron chi connectivity index (χ1n) is 8.63. The van der Waals surface area contributed by atoms with Crippen LogP contribution in [0.1, 0.15) is 12.6 Å². The summed E-state index contributed by atoms with van der Waals surface area (Å²) >= 11 is 1.33. The van der Waals surface area contributed by atoms with Crippen LogP contribution in [0.4, 0.5) is 13.2 Å². The lowest BCUT2D eigenvalue weighted by molar-refractivity contribution is -0.141. The van der Waals surface area contributed by atoms with Gasteiger partial charge in [0.05, 0.1) is 38.3 Å². The Kier molecular flexibility index (Phi) is 4.85. The van der Waals surface area contributed by atoms with Crippen molar-refractivity contribution in [3.05, 3.63) is 41.9 Å². The van der Waals surface area contributed by atoms with Gasteiger partial charge in [0.15, 0.2) is 15.7 Å². The Labute approximate surface area is 173 Å². The number of nitrogens with zero attached hydrogens (tertiary/aromatic N) is 5. The van der Waals surface area contributed by atoms with Crippen molar-refractivity contribution in [2.24, 2.45) is 7.05 Å². The maximum Gasteiger partial charge on any atom is 0.433 e. The van der Waals surface area contributed by atoms with Crippen LogP contribution in [0.3, 0.4) is 0 Å². The molecule has 4 heterocycles.